The highest BCUT2D eigenvalue weighted by molar-refractivity contribution is 5.90. The summed E-state index contributed by atoms with van der Waals surface area (Å²) in [5.41, 5.74) is 3.60. The zero-order chi connectivity index (χ0) is 22.9. The van der Waals surface area contributed by atoms with E-state index in [1.807, 2.05) is 66.9 Å². The van der Waals surface area contributed by atoms with E-state index >= 15 is 0 Å². The van der Waals surface area contributed by atoms with Gasteiger partial charge in [-0.3, -0.25) is 0 Å². The number of aromatic nitrogens is 1. The molecular formula is C26H21F2N3O2. The van der Waals surface area contributed by atoms with Gasteiger partial charge in [-0.15, -0.1) is 0 Å². The lowest BCUT2D eigenvalue weighted by Gasteiger charge is -2.31. The average molecular weight is 445 g/mol. The molecular weight excluding hydrogens is 424 g/mol. The first-order valence-corrected chi connectivity index (χ1v) is 10.5. The summed E-state index contributed by atoms with van der Waals surface area (Å²) in [4.78, 5) is 15.2. The van der Waals surface area contributed by atoms with Gasteiger partial charge in [-0.1, -0.05) is 30.3 Å². The van der Waals surface area contributed by atoms with Crippen LogP contribution >= 0.6 is 0 Å². The second-order valence-corrected chi connectivity index (χ2v) is 7.79. The Morgan fingerprint density at radius 3 is 2.55 bits per heavy atom. The molecule has 1 aliphatic rings. The highest BCUT2D eigenvalue weighted by Crippen LogP contribution is 2.37. The summed E-state index contributed by atoms with van der Waals surface area (Å²) in [6.07, 6.45) is 1.96. The number of fused-ring (bicyclic) bond motifs is 3. The van der Waals surface area contributed by atoms with Gasteiger partial charge < -0.3 is 19.5 Å². The van der Waals surface area contributed by atoms with Crippen LogP contribution in [-0.4, -0.2) is 22.6 Å². The van der Waals surface area contributed by atoms with Gasteiger partial charge in [-0.2, -0.15) is 0 Å². The summed E-state index contributed by atoms with van der Waals surface area (Å²) in [7, 11) is 1.60. The molecule has 7 heteroatoms. The third-order valence-corrected chi connectivity index (χ3v) is 5.83. The fraction of sp³-hybridized carbons (Fsp3) is 0.115. The van der Waals surface area contributed by atoms with Crippen LogP contribution in [0.1, 0.15) is 22.9 Å². The topological polar surface area (TPSA) is 46.5 Å². The molecule has 5 rings (SSSR count). The van der Waals surface area contributed by atoms with Crippen molar-refractivity contribution >= 4 is 11.7 Å². The van der Waals surface area contributed by atoms with Crippen molar-refractivity contribution in [1.29, 1.82) is 0 Å². The predicted molar refractivity (Wildman–Crippen MR) is 122 cm³/mol. The average Bonchev–Trinajstić information content (AvgIpc) is 3.25. The summed E-state index contributed by atoms with van der Waals surface area (Å²) in [5.74, 6) is -0.832. The normalized spacial score (nSPS) is 14.8. The van der Waals surface area contributed by atoms with Crippen LogP contribution in [0, 0.1) is 11.6 Å². The Morgan fingerprint density at radius 1 is 1.00 bits per heavy atom. The number of carbonyl (C=O) groups is 1. The molecule has 0 radical (unpaired) electrons. The number of urea groups is 1. The van der Waals surface area contributed by atoms with Crippen molar-refractivity contribution in [3.05, 3.63) is 114 Å². The number of hydrogen-bond acceptors (Lipinski definition) is 2. The molecule has 1 unspecified atom stereocenters. The number of carbonyl (C=O) groups excluding carboxylic acids is 1. The zero-order valence-corrected chi connectivity index (χ0v) is 17.8. The summed E-state index contributed by atoms with van der Waals surface area (Å²) < 4.78 is 35.0. The molecule has 1 aromatic heterocycles. The SMILES string of the molecule is COc1ccc(C2c3cccn3-c3ccccc3CN2C(=O)Nc2ccc(F)cc2F)cc1. The highest BCUT2D eigenvalue weighted by atomic mass is 19.1. The van der Waals surface area contributed by atoms with Gasteiger partial charge in [-0.05, 0) is 53.6 Å². The number of methoxy groups -OCH3 is 1. The van der Waals surface area contributed by atoms with Crippen LogP contribution in [0.2, 0.25) is 0 Å². The predicted octanol–water partition coefficient (Wildman–Crippen LogP) is 5.90. The molecule has 3 aromatic carbocycles. The Labute approximate surface area is 189 Å². The molecule has 0 bridgehead atoms. The van der Waals surface area contributed by atoms with E-state index in [1.54, 1.807) is 12.0 Å². The molecule has 0 saturated carbocycles. The molecule has 0 aliphatic carbocycles. The molecule has 1 N–H and O–H groups in total. The van der Waals surface area contributed by atoms with E-state index in [0.29, 0.717) is 12.3 Å². The Hall–Kier alpha value is -4.13. The van der Waals surface area contributed by atoms with Crippen molar-refractivity contribution < 1.29 is 18.3 Å². The Kier molecular flexibility index (Phi) is 5.30. The second-order valence-electron chi connectivity index (χ2n) is 7.79. The molecule has 2 heterocycles. The first-order valence-electron chi connectivity index (χ1n) is 10.5. The minimum Gasteiger partial charge on any atom is -0.497 e. The standard InChI is InChI=1S/C26H21F2N3O2/c1-33-20-11-8-17(9-12-20)25-24-7-4-14-30(24)23-6-3-2-5-18(23)16-31(25)26(32)29-22-13-10-19(27)15-21(22)28/h2-15,25H,16H2,1H3,(H,29,32). The summed E-state index contributed by atoms with van der Waals surface area (Å²) >= 11 is 0. The van der Waals surface area contributed by atoms with Crippen LogP contribution in [0.5, 0.6) is 5.75 Å². The smallest absolute Gasteiger partial charge is 0.323 e. The molecule has 33 heavy (non-hydrogen) atoms. The molecule has 0 saturated heterocycles. The molecule has 0 fully saturated rings. The van der Waals surface area contributed by atoms with Crippen molar-refractivity contribution in [2.45, 2.75) is 12.6 Å². The van der Waals surface area contributed by atoms with E-state index in [1.165, 1.54) is 6.07 Å². The lowest BCUT2D eigenvalue weighted by Crippen LogP contribution is -2.38. The number of halogens is 2. The van der Waals surface area contributed by atoms with E-state index in [-0.39, 0.29) is 5.69 Å². The number of nitrogens with zero attached hydrogens (tertiary/aromatic N) is 2. The lowest BCUT2D eigenvalue weighted by molar-refractivity contribution is 0.194. The Morgan fingerprint density at radius 2 is 1.79 bits per heavy atom. The summed E-state index contributed by atoms with van der Waals surface area (Å²) in [6.45, 7) is 0.295. The van der Waals surface area contributed by atoms with Crippen LogP contribution in [-0.2, 0) is 6.54 Å². The minimum atomic E-state index is -0.831. The monoisotopic (exact) mass is 445 g/mol. The van der Waals surface area contributed by atoms with Crippen LogP contribution in [0.25, 0.3) is 5.69 Å². The van der Waals surface area contributed by atoms with Crippen molar-refractivity contribution in [2.24, 2.45) is 0 Å². The number of hydrogen-bond donors (Lipinski definition) is 1. The maximum absolute atomic E-state index is 14.3. The van der Waals surface area contributed by atoms with Crippen LogP contribution in [0.15, 0.2) is 85.1 Å². The molecule has 2 amide bonds. The van der Waals surface area contributed by atoms with Crippen LogP contribution in [0.4, 0.5) is 19.3 Å². The van der Waals surface area contributed by atoms with E-state index < -0.39 is 23.7 Å². The number of anilines is 1. The first kappa shape index (κ1) is 20.8. The van der Waals surface area contributed by atoms with Crippen molar-refractivity contribution in [3.63, 3.8) is 0 Å². The second kappa shape index (κ2) is 8.43. The van der Waals surface area contributed by atoms with Gasteiger partial charge in [0, 0.05) is 18.0 Å². The van der Waals surface area contributed by atoms with Crippen LogP contribution in [0.3, 0.4) is 0 Å². The molecule has 5 nitrogen and oxygen atoms in total. The highest BCUT2D eigenvalue weighted by Gasteiger charge is 2.33. The fourth-order valence-corrected chi connectivity index (χ4v) is 4.25. The van der Waals surface area contributed by atoms with E-state index in [2.05, 4.69) is 9.88 Å². The van der Waals surface area contributed by atoms with Gasteiger partial charge in [0.1, 0.15) is 17.4 Å². The van der Waals surface area contributed by atoms with Crippen LogP contribution < -0.4 is 10.1 Å². The van der Waals surface area contributed by atoms with E-state index in [4.69, 9.17) is 4.74 Å². The molecule has 166 valence electrons. The maximum atomic E-state index is 14.3. The van der Waals surface area contributed by atoms with Gasteiger partial charge in [0.15, 0.2) is 0 Å². The summed E-state index contributed by atoms with van der Waals surface area (Å²) in [5, 5.41) is 2.62. The van der Waals surface area contributed by atoms with Gasteiger partial charge in [0.2, 0.25) is 0 Å². The van der Waals surface area contributed by atoms with Gasteiger partial charge >= 0.3 is 6.03 Å². The number of para-hydroxylation sites is 1. The van der Waals surface area contributed by atoms with E-state index in [0.717, 1.165) is 34.6 Å². The molecule has 0 spiro atoms. The molecule has 1 aliphatic heterocycles. The molecule has 1 atom stereocenters. The fourth-order valence-electron chi connectivity index (χ4n) is 4.25. The minimum absolute atomic E-state index is 0.0807. The number of ether oxygens (including phenoxy) is 1. The van der Waals surface area contributed by atoms with Crippen molar-refractivity contribution in [1.82, 2.24) is 9.47 Å². The van der Waals surface area contributed by atoms with E-state index in [9.17, 15) is 13.6 Å². The first-order chi connectivity index (χ1) is 16.0. The number of amides is 2. The number of rotatable bonds is 3. The number of nitrogens with one attached hydrogen (secondary N) is 1. The summed E-state index contributed by atoms with van der Waals surface area (Å²) in [6, 6.07) is 21.4. The Balaban J connectivity index is 1.62. The van der Waals surface area contributed by atoms with Crippen molar-refractivity contribution in [3.8, 4) is 11.4 Å². The lowest BCUT2D eigenvalue weighted by atomic mass is 10.0. The van der Waals surface area contributed by atoms with Gasteiger partial charge in [-0.25, -0.2) is 13.6 Å². The third kappa shape index (κ3) is 3.82. The van der Waals surface area contributed by atoms with Gasteiger partial charge in [0.25, 0.3) is 0 Å². The number of benzene rings is 3. The third-order valence-electron chi connectivity index (χ3n) is 5.83. The maximum Gasteiger partial charge on any atom is 0.323 e. The van der Waals surface area contributed by atoms with Gasteiger partial charge in [0.05, 0.1) is 31.1 Å². The zero-order valence-electron chi connectivity index (χ0n) is 17.8. The quantitative estimate of drug-likeness (QED) is 0.427. The molecule has 4 aromatic rings. The van der Waals surface area contributed by atoms with Crippen molar-refractivity contribution in [2.75, 3.05) is 12.4 Å². The largest absolute Gasteiger partial charge is 0.497 e. The Bertz CT molecular complexity index is 1320.